The van der Waals surface area contributed by atoms with Crippen LogP contribution >= 0.6 is 0 Å². The van der Waals surface area contributed by atoms with Gasteiger partial charge in [0.25, 0.3) is 11.8 Å². The maximum atomic E-state index is 14.8. The van der Waals surface area contributed by atoms with Crippen molar-refractivity contribution in [2.45, 2.75) is 168 Å². The van der Waals surface area contributed by atoms with E-state index in [4.69, 9.17) is 0 Å². The zero-order chi connectivity index (χ0) is 36.0. The van der Waals surface area contributed by atoms with Gasteiger partial charge in [0.15, 0.2) is 0 Å². The standard InChI is InChI=1S/C37H59N5O7/c1-7-13-25(30(44)35(48)38-24-18-19-24)39-32(45)27-20-23-16-11-12-17-26(23)42(27)36(49)31(37(4,5)6)41-33(46)28(22-14-9-8-10-15-22)40-34(47)29(43)21(2)3/h21-28,31H,7-20H2,1-6H3,(H,38,48)(H,39,45)(H,40,47)(H,41,46)/t23?,25-,26?,27-,28?,31+/m0/s1. The number of carbonyl (C=O) groups is 7. The minimum atomic E-state index is -1.03. The molecule has 6 atom stereocenters. The first-order chi connectivity index (χ1) is 23.1. The molecule has 3 unspecified atom stereocenters. The lowest BCUT2D eigenvalue weighted by atomic mass is 9.81. The van der Waals surface area contributed by atoms with Gasteiger partial charge in [-0.15, -0.1) is 0 Å². The van der Waals surface area contributed by atoms with Crippen LogP contribution in [0.25, 0.3) is 0 Å². The Morgan fingerprint density at radius 3 is 1.98 bits per heavy atom. The number of ketones is 2. The molecule has 0 aromatic carbocycles. The van der Waals surface area contributed by atoms with Crippen molar-refractivity contribution in [1.82, 2.24) is 26.2 Å². The first-order valence-electron chi connectivity index (χ1n) is 18.8. The van der Waals surface area contributed by atoms with Crippen LogP contribution in [0.2, 0.25) is 0 Å². The highest BCUT2D eigenvalue weighted by Gasteiger charge is 2.51. The number of likely N-dealkylation sites (tertiary alicyclic amines) is 1. The molecule has 0 aromatic rings. The van der Waals surface area contributed by atoms with Crippen molar-refractivity contribution < 1.29 is 33.6 Å². The summed E-state index contributed by atoms with van der Waals surface area (Å²) in [5.41, 5.74) is -0.767. The number of fused-ring (bicyclic) bond motifs is 1. The molecule has 1 saturated heterocycles. The zero-order valence-electron chi connectivity index (χ0n) is 30.4. The highest BCUT2D eigenvalue weighted by atomic mass is 16.2. The van der Waals surface area contributed by atoms with Gasteiger partial charge in [-0.2, -0.15) is 0 Å². The van der Waals surface area contributed by atoms with Gasteiger partial charge < -0.3 is 26.2 Å². The number of carbonyl (C=O) groups excluding carboxylic acids is 7. The Morgan fingerprint density at radius 1 is 0.755 bits per heavy atom. The summed E-state index contributed by atoms with van der Waals surface area (Å²) in [4.78, 5) is 95.8. The van der Waals surface area contributed by atoms with Crippen LogP contribution in [0.1, 0.15) is 131 Å². The van der Waals surface area contributed by atoms with E-state index in [0.29, 0.717) is 19.3 Å². The molecule has 274 valence electrons. The molecule has 1 heterocycles. The Morgan fingerprint density at radius 2 is 1.39 bits per heavy atom. The molecule has 0 aromatic heterocycles. The van der Waals surface area contributed by atoms with E-state index >= 15 is 0 Å². The van der Waals surface area contributed by atoms with E-state index in [1.807, 2.05) is 27.7 Å². The number of amides is 5. The largest absolute Gasteiger partial charge is 0.347 e. The van der Waals surface area contributed by atoms with Crippen LogP contribution in [0.15, 0.2) is 0 Å². The van der Waals surface area contributed by atoms with Crippen LogP contribution in [-0.4, -0.2) is 82.3 Å². The van der Waals surface area contributed by atoms with Crippen molar-refractivity contribution in [2.24, 2.45) is 23.2 Å². The summed E-state index contributed by atoms with van der Waals surface area (Å²) in [6.45, 7) is 10.7. The van der Waals surface area contributed by atoms with E-state index < -0.39 is 70.7 Å². The molecule has 49 heavy (non-hydrogen) atoms. The van der Waals surface area contributed by atoms with Gasteiger partial charge in [-0.1, -0.05) is 80.1 Å². The van der Waals surface area contributed by atoms with Crippen LogP contribution in [0.3, 0.4) is 0 Å². The lowest BCUT2D eigenvalue weighted by molar-refractivity contribution is -0.148. The Bertz CT molecular complexity index is 1270. The third-order valence-electron chi connectivity index (χ3n) is 10.8. The van der Waals surface area contributed by atoms with E-state index in [9.17, 15) is 33.6 Å². The van der Waals surface area contributed by atoms with Crippen LogP contribution < -0.4 is 21.3 Å². The smallest absolute Gasteiger partial charge is 0.289 e. The van der Waals surface area contributed by atoms with E-state index in [1.54, 1.807) is 18.7 Å². The summed E-state index contributed by atoms with van der Waals surface area (Å²) < 4.78 is 0. The van der Waals surface area contributed by atoms with Gasteiger partial charge in [0.2, 0.25) is 29.3 Å². The number of hydrogen-bond donors (Lipinski definition) is 4. The number of hydrogen-bond acceptors (Lipinski definition) is 7. The molecule has 12 nitrogen and oxygen atoms in total. The number of nitrogens with one attached hydrogen (secondary N) is 4. The molecule has 3 aliphatic carbocycles. The summed E-state index contributed by atoms with van der Waals surface area (Å²) >= 11 is 0. The van der Waals surface area contributed by atoms with E-state index in [-0.39, 0.29) is 29.8 Å². The van der Waals surface area contributed by atoms with Crippen molar-refractivity contribution in [3.05, 3.63) is 0 Å². The fraction of sp³-hybridized carbons (Fsp3) is 0.811. The van der Waals surface area contributed by atoms with Gasteiger partial charge >= 0.3 is 0 Å². The van der Waals surface area contributed by atoms with Gasteiger partial charge in [-0.25, -0.2) is 0 Å². The minimum absolute atomic E-state index is 0.00626. The lowest BCUT2D eigenvalue weighted by Gasteiger charge is -2.40. The molecule has 3 saturated carbocycles. The molecule has 4 fully saturated rings. The normalized spacial score (nSPS) is 24.6. The van der Waals surface area contributed by atoms with Crippen molar-refractivity contribution in [2.75, 3.05) is 0 Å². The minimum Gasteiger partial charge on any atom is -0.347 e. The Kier molecular flexibility index (Phi) is 13.0. The van der Waals surface area contributed by atoms with Crippen molar-refractivity contribution in [1.29, 1.82) is 0 Å². The van der Waals surface area contributed by atoms with Crippen molar-refractivity contribution in [3.63, 3.8) is 0 Å². The molecule has 0 bridgehead atoms. The highest BCUT2D eigenvalue weighted by Crippen LogP contribution is 2.41. The van der Waals surface area contributed by atoms with E-state index in [0.717, 1.165) is 70.6 Å². The maximum absolute atomic E-state index is 14.8. The first kappa shape index (κ1) is 38.5. The Labute approximate surface area is 291 Å². The number of nitrogens with zero attached hydrogens (tertiary/aromatic N) is 1. The third-order valence-corrected chi connectivity index (χ3v) is 10.8. The first-order valence-corrected chi connectivity index (χ1v) is 18.8. The quantitative estimate of drug-likeness (QED) is 0.204. The topological polar surface area (TPSA) is 171 Å². The maximum Gasteiger partial charge on any atom is 0.289 e. The average molecular weight is 686 g/mol. The molecule has 5 amide bonds. The molecule has 0 spiro atoms. The predicted molar refractivity (Wildman–Crippen MR) is 184 cm³/mol. The third kappa shape index (κ3) is 9.69. The van der Waals surface area contributed by atoms with Crippen LogP contribution in [0, 0.1) is 23.2 Å². The molecule has 4 aliphatic rings. The second-order valence-corrected chi connectivity index (χ2v) is 16.2. The molecule has 4 rings (SSSR count). The summed E-state index contributed by atoms with van der Waals surface area (Å²) in [6, 6.07) is -4.06. The lowest BCUT2D eigenvalue weighted by Crippen LogP contribution is -2.63. The second kappa shape index (κ2) is 16.6. The molecular weight excluding hydrogens is 626 g/mol. The Hall–Kier alpha value is -3.31. The van der Waals surface area contributed by atoms with Gasteiger partial charge in [0, 0.05) is 18.0 Å². The molecule has 0 radical (unpaired) electrons. The molecule has 4 N–H and O–H groups in total. The Balaban J connectivity index is 1.58. The molecule has 12 heteroatoms. The van der Waals surface area contributed by atoms with Crippen molar-refractivity contribution >= 4 is 41.1 Å². The van der Waals surface area contributed by atoms with Crippen LogP contribution in [0.4, 0.5) is 0 Å². The average Bonchev–Trinajstić information content (AvgIpc) is 3.79. The highest BCUT2D eigenvalue weighted by molar-refractivity contribution is 6.38. The van der Waals surface area contributed by atoms with Gasteiger partial charge in [-0.3, -0.25) is 33.6 Å². The van der Waals surface area contributed by atoms with Crippen LogP contribution in [0.5, 0.6) is 0 Å². The number of rotatable bonds is 14. The fourth-order valence-electron chi connectivity index (χ4n) is 7.85. The monoisotopic (exact) mass is 685 g/mol. The second-order valence-electron chi connectivity index (χ2n) is 16.2. The van der Waals surface area contributed by atoms with Gasteiger partial charge in [0.1, 0.15) is 18.1 Å². The SMILES string of the molecule is CCC[C@H](NC(=O)[C@@H]1CC2CCCCC2N1C(=O)[C@@H](NC(=O)C(NC(=O)C(=O)C(C)C)C1CCCCC1)C(C)(C)C)C(=O)C(=O)NC1CC1. The summed E-state index contributed by atoms with van der Waals surface area (Å²) in [7, 11) is 0. The number of Topliss-reactive ketones (excluding diaryl/α,β-unsaturated/α-hetero) is 2. The van der Waals surface area contributed by atoms with Crippen molar-refractivity contribution in [3.8, 4) is 0 Å². The molecular formula is C37H59N5O7. The summed E-state index contributed by atoms with van der Waals surface area (Å²) in [6.07, 6.45) is 10.7. The van der Waals surface area contributed by atoms with Crippen LogP contribution in [-0.2, 0) is 33.6 Å². The predicted octanol–water partition coefficient (Wildman–Crippen LogP) is 3.10. The van der Waals surface area contributed by atoms with Gasteiger partial charge in [0.05, 0.1) is 6.04 Å². The van der Waals surface area contributed by atoms with Gasteiger partial charge in [-0.05, 0) is 68.6 Å². The zero-order valence-corrected chi connectivity index (χ0v) is 30.4. The van der Waals surface area contributed by atoms with E-state index in [2.05, 4.69) is 21.3 Å². The summed E-state index contributed by atoms with van der Waals surface area (Å²) in [5, 5.41) is 11.3. The van der Waals surface area contributed by atoms with E-state index in [1.165, 1.54) is 0 Å². The molecule has 1 aliphatic heterocycles. The fourth-order valence-corrected chi connectivity index (χ4v) is 7.85. The summed E-state index contributed by atoms with van der Waals surface area (Å²) in [5.74, 6) is -4.74.